The summed E-state index contributed by atoms with van der Waals surface area (Å²) in [6.45, 7) is 0.810. The van der Waals surface area contributed by atoms with Gasteiger partial charge in [0.15, 0.2) is 0 Å². The fourth-order valence-electron chi connectivity index (χ4n) is 2.20. The molecule has 27 heavy (non-hydrogen) atoms. The van der Waals surface area contributed by atoms with Crippen LogP contribution in [0.3, 0.4) is 0 Å². The molecule has 0 aliphatic heterocycles. The molecular weight excluding hydrogens is 372 g/mol. The summed E-state index contributed by atoms with van der Waals surface area (Å²) in [4.78, 5) is 35.9. The number of methoxy groups -OCH3 is 2. The van der Waals surface area contributed by atoms with Gasteiger partial charge in [-0.05, 0) is 42.5 Å². The number of hydrogen-bond donors (Lipinski definition) is 2. The van der Waals surface area contributed by atoms with Crippen molar-refractivity contribution >= 4 is 35.1 Å². The van der Waals surface area contributed by atoms with Crippen LogP contribution in [0.15, 0.2) is 42.5 Å². The van der Waals surface area contributed by atoms with Gasteiger partial charge < -0.3 is 20.1 Å². The summed E-state index contributed by atoms with van der Waals surface area (Å²) in [5.74, 6) is -1.22. The predicted molar refractivity (Wildman–Crippen MR) is 101 cm³/mol. The van der Waals surface area contributed by atoms with E-state index in [1.54, 1.807) is 19.2 Å². The van der Waals surface area contributed by atoms with Gasteiger partial charge in [-0.2, -0.15) is 0 Å². The molecule has 0 spiro atoms. The van der Waals surface area contributed by atoms with Crippen LogP contribution in [0, 0.1) is 0 Å². The highest BCUT2D eigenvalue weighted by atomic mass is 35.5. The Morgan fingerprint density at radius 3 is 2.11 bits per heavy atom. The Balaban J connectivity index is 2.08. The fraction of sp³-hybridized carbons (Fsp3) is 0.211. The minimum atomic E-state index is -0.536. The van der Waals surface area contributed by atoms with E-state index in [9.17, 15) is 14.4 Å². The third-order valence-electron chi connectivity index (χ3n) is 3.64. The van der Waals surface area contributed by atoms with Crippen molar-refractivity contribution in [2.45, 2.75) is 0 Å². The summed E-state index contributed by atoms with van der Waals surface area (Å²) >= 11 is 6.07. The molecule has 2 amide bonds. The van der Waals surface area contributed by atoms with Crippen molar-refractivity contribution in [3.8, 4) is 0 Å². The minimum absolute atomic E-state index is 0.257. The summed E-state index contributed by atoms with van der Waals surface area (Å²) in [6.07, 6.45) is 0. The number of benzene rings is 2. The van der Waals surface area contributed by atoms with Crippen molar-refractivity contribution in [1.82, 2.24) is 5.32 Å². The molecule has 7 nitrogen and oxygen atoms in total. The molecule has 2 aromatic rings. The van der Waals surface area contributed by atoms with E-state index in [-0.39, 0.29) is 22.2 Å². The van der Waals surface area contributed by atoms with Crippen LogP contribution < -0.4 is 10.6 Å². The van der Waals surface area contributed by atoms with E-state index >= 15 is 0 Å². The van der Waals surface area contributed by atoms with Crippen LogP contribution in [0.5, 0.6) is 0 Å². The number of ether oxygens (including phenoxy) is 2. The first-order chi connectivity index (χ1) is 13.0. The largest absolute Gasteiger partial charge is 0.465 e. The van der Waals surface area contributed by atoms with Gasteiger partial charge in [-0.1, -0.05) is 11.6 Å². The standard InChI is InChI=1S/C19H19ClN2O5/c1-26-10-9-21-17(23)12-3-5-13(6-4-12)18(24)22-16-11-14(19(25)27-2)7-8-15(16)20/h3-8,11H,9-10H2,1-2H3,(H,21,23)(H,22,24). The molecular formula is C19H19ClN2O5. The highest BCUT2D eigenvalue weighted by molar-refractivity contribution is 6.34. The van der Waals surface area contributed by atoms with Gasteiger partial charge in [-0.15, -0.1) is 0 Å². The van der Waals surface area contributed by atoms with Crippen LogP contribution in [0.25, 0.3) is 0 Å². The van der Waals surface area contributed by atoms with E-state index in [1.165, 1.54) is 37.4 Å². The third-order valence-corrected chi connectivity index (χ3v) is 3.97. The van der Waals surface area contributed by atoms with Crippen LogP contribution in [-0.2, 0) is 9.47 Å². The molecule has 0 unspecified atom stereocenters. The SMILES string of the molecule is COCCNC(=O)c1ccc(C(=O)Nc2cc(C(=O)OC)ccc2Cl)cc1. The number of esters is 1. The molecule has 2 N–H and O–H groups in total. The second-order valence-corrected chi connectivity index (χ2v) is 5.87. The van der Waals surface area contributed by atoms with Gasteiger partial charge in [0.05, 0.1) is 30.0 Å². The summed E-state index contributed by atoms with van der Waals surface area (Å²) in [6, 6.07) is 10.6. The predicted octanol–water partition coefficient (Wildman–Crippen LogP) is 2.76. The van der Waals surface area contributed by atoms with E-state index in [2.05, 4.69) is 15.4 Å². The van der Waals surface area contributed by atoms with Crippen LogP contribution in [0.2, 0.25) is 5.02 Å². The number of halogens is 1. The Morgan fingerprint density at radius 1 is 0.926 bits per heavy atom. The molecule has 0 radical (unpaired) electrons. The van der Waals surface area contributed by atoms with E-state index < -0.39 is 11.9 Å². The molecule has 142 valence electrons. The lowest BCUT2D eigenvalue weighted by atomic mass is 10.1. The van der Waals surface area contributed by atoms with Crippen LogP contribution >= 0.6 is 11.6 Å². The average molecular weight is 391 g/mol. The minimum Gasteiger partial charge on any atom is -0.465 e. The normalized spacial score (nSPS) is 10.2. The van der Waals surface area contributed by atoms with E-state index in [1.807, 2.05) is 0 Å². The molecule has 2 rings (SSSR count). The smallest absolute Gasteiger partial charge is 0.337 e. The molecule has 0 aromatic heterocycles. The monoisotopic (exact) mass is 390 g/mol. The molecule has 0 aliphatic rings. The molecule has 0 aliphatic carbocycles. The Hall–Kier alpha value is -2.90. The second-order valence-electron chi connectivity index (χ2n) is 5.47. The van der Waals surface area contributed by atoms with Gasteiger partial charge in [0.2, 0.25) is 0 Å². The lowest BCUT2D eigenvalue weighted by molar-refractivity contribution is 0.0600. The van der Waals surface area contributed by atoms with E-state index in [0.29, 0.717) is 24.3 Å². The number of amides is 2. The molecule has 2 aromatic carbocycles. The van der Waals surface area contributed by atoms with Crippen LogP contribution in [-0.4, -0.2) is 45.2 Å². The Morgan fingerprint density at radius 2 is 1.52 bits per heavy atom. The van der Waals surface area contributed by atoms with Crippen molar-refractivity contribution in [3.63, 3.8) is 0 Å². The average Bonchev–Trinajstić information content (AvgIpc) is 2.69. The van der Waals surface area contributed by atoms with Crippen molar-refractivity contribution in [2.24, 2.45) is 0 Å². The fourth-order valence-corrected chi connectivity index (χ4v) is 2.37. The highest BCUT2D eigenvalue weighted by Gasteiger charge is 2.13. The van der Waals surface area contributed by atoms with Gasteiger partial charge in [-0.3, -0.25) is 9.59 Å². The number of hydrogen-bond acceptors (Lipinski definition) is 5. The van der Waals surface area contributed by atoms with Gasteiger partial charge in [0, 0.05) is 24.8 Å². The number of carbonyl (C=O) groups excluding carboxylic acids is 3. The molecule has 0 fully saturated rings. The van der Waals surface area contributed by atoms with Crippen LogP contribution in [0.1, 0.15) is 31.1 Å². The van der Waals surface area contributed by atoms with Gasteiger partial charge in [0.1, 0.15) is 0 Å². The summed E-state index contributed by atoms with van der Waals surface area (Å²) in [7, 11) is 2.81. The van der Waals surface area contributed by atoms with Crippen molar-refractivity contribution in [1.29, 1.82) is 0 Å². The molecule has 0 atom stereocenters. The zero-order valence-electron chi connectivity index (χ0n) is 14.9. The van der Waals surface area contributed by atoms with Crippen molar-refractivity contribution < 1.29 is 23.9 Å². The zero-order chi connectivity index (χ0) is 19.8. The summed E-state index contributed by atoms with van der Waals surface area (Å²) in [5.41, 5.74) is 1.31. The maximum Gasteiger partial charge on any atom is 0.337 e. The molecule has 0 heterocycles. The highest BCUT2D eigenvalue weighted by Crippen LogP contribution is 2.24. The van der Waals surface area contributed by atoms with Crippen molar-refractivity contribution in [2.75, 3.05) is 32.7 Å². The quantitative estimate of drug-likeness (QED) is 0.560. The van der Waals surface area contributed by atoms with E-state index in [4.69, 9.17) is 16.3 Å². The molecule has 0 bridgehead atoms. The first-order valence-electron chi connectivity index (χ1n) is 8.02. The van der Waals surface area contributed by atoms with E-state index in [0.717, 1.165) is 0 Å². The van der Waals surface area contributed by atoms with Gasteiger partial charge in [0.25, 0.3) is 11.8 Å². The molecule has 8 heteroatoms. The lowest BCUT2D eigenvalue weighted by Crippen LogP contribution is -2.27. The Kier molecular flexibility index (Phi) is 7.34. The molecule has 0 saturated carbocycles. The zero-order valence-corrected chi connectivity index (χ0v) is 15.6. The lowest BCUT2D eigenvalue weighted by Gasteiger charge is -2.10. The second kappa shape index (κ2) is 9.70. The summed E-state index contributed by atoms with van der Waals surface area (Å²) in [5, 5.41) is 5.62. The first kappa shape index (κ1) is 20.4. The number of nitrogens with one attached hydrogen (secondary N) is 2. The Bertz CT molecular complexity index is 836. The van der Waals surface area contributed by atoms with Crippen molar-refractivity contribution in [3.05, 3.63) is 64.2 Å². The maximum absolute atomic E-state index is 12.4. The first-order valence-corrected chi connectivity index (χ1v) is 8.40. The van der Waals surface area contributed by atoms with Crippen LogP contribution in [0.4, 0.5) is 5.69 Å². The third kappa shape index (κ3) is 5.54. The molecule has 0 saturated heterocycles. The van der Waals surface area contributed by atoms with Gasteiger partial charge in [-0.25, -0.2) is 4.79 Å². The summed E-state index contributed by atoms with van der Waals surface area (Å²) < 4.78 is 9.52. The topological polar surface area (TPSA) is 93.7 Å². The number of rotatable bonds is 7. The number of carbonyl (C=O) groups is 3. The van der Waals surface area contributed by atoms with Gasteiger partial charge >= 0.3 is 5.97 Å². The number of anilines is 1. The maximum atomic E-state index is 12.4. The Labute approximate surface area is 161 Å².